The first kappa shape index (κ1) is 23.4. The number of amides is 1. The third-order valence-corrected chi connectivity index (χ3v) is 9.44. The fraction of sp³-hybridized carbons (Fsp3) is 0.536. The number of sulfonamides is 1. The number of anilines is 1. The Kier molecular flexibility index (Phi) is 6.45. The third kappa shape index (κ3) is 5.02. The largest absolute Gasteiger partial charge is 0.355 e. The van der Waals surface area contributed by atoms with Crippen LogP contribution in [0.3, 0.4) is 0 Å². The second kappa shape index (κ2) is 9.37. The van der Waals surface area contributed by atoms with Crippen molar-refractivity contribution in [2.45, 2.75) is 56.8 Å². The molecule has 0 spiro atoms. The van der Waals surface area contributed by atoms with Crippen LogP contribution in [0, 0.1) is 17.8 Å². The van der Waals surface area contributed by atoms with Crippen LogP contribution in [0.15, 0.2) is 54.6 Å². The number of hydrogen-bond acceptors (Lipinski definition) is 3. The first-order valence-electron chi connectivity index (χ1n) is 12.7. The molecule has 0 heterocycles. The highest BCUT2D eigenvalue weighted by molar-refractivity contribution is 7.92. The SMILES string of the molecule is CS(=O)(=O)N(CC(=O)NCCCc1ccccc1)c1ccc(C23CC4CC(CC(C4)C2)C3)cc1. The van der Waals surface area contributed by atoms with Crippen molar-refractivity contribution in [3.05, 3.63) is 65.7 Å². The first-order valence-corrected chi connectivity index (χ1v) is 14.5. The normalized spacial score (nSPS) is 27.5. The lowest BCUT2D eigenvalue weighted by molar-refractivity contribution is -0.119. The van der Waals surface area contributed by atoms with Crippen molar-refractivity contribution >= 4 is 21.6 Å². The summed E-state index contributed by atoms with van der Waals surface area (Å²) in [5, 5.41) is 2.88. The Balaban J connectivity index is 1.22. The Morgan fingerprint density at radius 2 is 1.53 bits per heavy atom. The number of nitrogens with one attached hydrogen (secondary N) is 1. The fourth-order valence-electron chi connectivity index (χ4n) is 7.20. The molecule has 4 bridgehead atoms. The molecule has 4 fully saturated rings. The summed E-state index contributed by atoms with van der Waals surface area (Å²) in [5.41, 5.74) is 3.43. The molecule has 4 saturated carbocycles. The van der Waals surface area contributed by atoms with Crippen molar-refractivity contribution in [3.63, 3.8) is 0 Å². The Morgan fingerprint density at radius 3 is 2.09 bits per heavy atom. The van der Waals surface area contributed by atoms with Crippen molar-refractivity contribution in [1.82, 2.24) is 5.32 Å². The van der Waals surface area contributed by atoms with E-state index < -0.39 is 10.0 Å². The molecule has 182 valence electrons. The van der Waals surface area contributed by atoms with E-state index in [-0.39, 0.29) is 17.9 Å². The maximum absolute atomic E-state index is 12.6. The number of benzene rings is 2. The van der Waals surface area contributed by atoms with Gasteiger partial charge in [-0.2, -0.15) is 0 Å². The summed E-state index contributed by atoms with van der Waals surface area (Å²) < 4.78 is 26.3. The number of hydrogen-bond donors (Lipinski definition) is 1. The number of rotatable bonds is 9. The molecule has 6 heteroatoms. The van der Waals surface area contributed by atoms with Crippen LogP contribution < -0.4 is 9.62 Å². The molecule has 2 aromatic carbocycles. The molecule has 6 rings (SSSR count). The number of carbonyl (C=O) groups excluding carboxylic acids is 1. The van der Waals surface area contributed by atoms with Crippen LogP contribution in [0.5, 0.6) is 0 Å². The predicted molar refractivity (Wildman–Crippen MR) is 136 cm³/mol. The minimum Gasteiger partial charge on any atom is -0.355 e. The highest BCUT2D eigenvalue weighted by Crippen LogP contribution is 2.60. The zero-order valence-electron chi connectivity index (χ0n) is 20.1. The van der Waals surface area contributed by atoms with Crippen LogP contribution in [0.4, 0.5) is 5.69 Å². The minimum absolute atomic E-state index is 0.194. The van der Waals surface area contributed by atoms with E-state index in [4.69, 9.17) is 0 Å². The zero-order chi connectivity index (χ0) is 23.8. The molecule has 0 radical (unpaired) electrons. The summed E-state index contributed by atoms with van der Waals surface area (Å²) in [6.45, 7) is 0.331. The van der Waals surface area contributed by atoms with Gasteiger partial charge in [0.05, 0.1) is 11.9 Å². The van der Waals surface area contributed by atoms with Gasteiger partial charge >= 0.3 is 0 Å². The Labute approximate surface area is 204 Å². The fourth-order valence-corrected chi connectivity index (χ4v) is 8.05. The van der Waals surface area contributed by atoms with Gasteiger partial charge in [-0.25, -0.2) is 8.42 Å². The topological polar surface area (TPSA) is 66.5 Å². The van der Waals surface area contributed by atoms with Crippen molar-refractivity contribution in [1.29, 1.82) is 0 Å². The smallest absolute Gasteiger partial charge is 0.240 e. The van der Waals surface area contributed by atoms with E-state index in [1.807, 2.05) is 30.3 Å². The van der Waals surface area contributed by atoms with Crippen LogP contribution in [0.25, 0.3) is 0 Å². The van der Waals surface area contributed by atoms with Gasteiger partial charge in [0.2, 0.25) is 15.9 Å². The molecule has 1 N–H and O–H groups in total. The molecule has 2 aromatic rings. The second-order valence-corrected chi connectivity index (χ2v) is 12.9. The lowest BCUT2D eigenvalue weighted by Crippen LogP contribution is -2.48. The Morgan fingerprint density at radius 1 is 0.941 bits per heavy atom. The lowest BCUT2D eigenvalue weighted by atomic mass is 9.48. The highest BCUT2D eigenvalue weighted by Gasteiger charge is 2.51. The Bertz CT molecular complexity index is 1080. The van der Waals surface area contributed by atoms with Crippen molar-refractivity contribution in [2.75, 3.05) is 23.7 Å². The van der Waals surface area contributed by atoms with E-state index in [0.29, 0.717) is 12.2 Å². The first-order chi connectivity index (χ1) is 16.3. The van der Waals surface area contributed by atoms with E-state index >= 15 is 0 Å². The van der Waals surface area contributed by atoms with Gasteiger partial charge in [0.1, 0.15) is 6.54 Å². The third-order valence-electron chi connectivity index (χ3n) is 8.30. The second-order valence-electron chi connectivity index (χ2n) is 11.0. The molecule has 0 aliphatic heterocycles. The molecular formula is C28H36N2O3S. The summed E-state index contributed by atoms with van der Waals surface area (Å²) in [4.78, 5) is 12.6. The summed E-state index contributed by atoms with van der Waals surface area (Å²) in [6, 6.07) is 18.2. The molecule has 0 unspecified atom stereocenters. The molecule has 34 heavy (non-hydrogen) atoms. The maximum Gasteiger partial charge on any atom is 0.240 e. The van der Waals surface area contributed by atoms with E-state index in [1.54, 1.807) is 0 Å². The van der Waals surface area contributed by atoms with Crippen LogP contribution in [-0.4, -0.2) is 33.7 Å². The van der Waals surface area contributed by atoms with Crippen LogP contribution in [-0.2, 0) is 26.7 Å². The van der Waals surface area contributed by atoms with Crippen LogP contribution in [0.2, 0.25) is 0 Å². The molecule has 0 saturated heterocycles. The van der Waals surface area contributed by atoms with Gasteiger partial charge in [-0.3, -0.25) is 9.10 Å². The average Bonchev–Trinajstić information content (AvgIpc) is 2.80. The standard InChI is InChI=1S/C28H36N2O3S/c1-34(32,33)30(20-27(31)29-13-5-8-21-6-3-2-4-7-21)26-11-9-25(10-12-26)28-17-22-14-23(18-28)16-24(15-22)19-28/h2-4,6-7,9-12,22-24H,5,8,13-20H2,1H3,(H,29,31). The van der Waals surface area contributed by atoms with Gasteiger partial charge in [0.25, 0.3) is 0 Å². The molecule has 0 atom stereocenters. The molecule has 4 aliphatic rings. The van der Waals surface area contributed by atoms with Crippen LogP contribution >= 0.6 is 0 Å². The molecule has 1 amide bonds. The van der Waals surface area contributed by atoms with Crippen molar-refractivity contribution in [2.24, 2.45) is 17.8 Å². The quantitative estimate of drug-likeness (QED) is 0.531. The summed E-state index contributed by atoms with van der Waals surface area (Å²) in [6.07, 6.45) is 10.9. The van der Waals surface area contributed by atoms with Gasteiger partial charge in [-0.15, -0.1) is 0 Å². The summed E-state index contributed by atoms with van der Waals surface area (Å²) >= 11 is 0. The molecular weight excluding hydrogens is 444 g/mol. The van der Waals surface area contributed by atoms with E-state index in [9.17, 15) is 13.2 Å². The lowest BCUT2D eigenvalue weighted by Gasteiger charge is -2.57. The molecule has 5 nitrogen and oxygen atoms in total. The van der Waals surface area contributed by atoms with Crippen LogP contribution in [0.1, 0.15) is 56.1 Å². The van der Waals surface area contributed by atoms with Crippen molar-refractivity contribution in [3.8, 4) is 0 Å². The number of nitrogens with zero attached hydrogens (tertiary/aromatic N) is 1. The van der Waals surface area contributed by atoms with Gasteiger partial charge in [0, 0.05) is 6.54 Å². The Hall–Kier alpha value is -2.34. The summed E-state index contributed by atoms with van der Waals surface area (Å²) in [7, 11) is -3.57. The minimum atomic E-state index is -3.57. The zero-order valence-corrected chi connectivity index (χ0v) is 20.9. The van der Waals surface area contributed by atoms with E-state index in [1.165, 1.54) is 60.2 Å². The maximum atomic E-state index is 12.6. The molecule has 0 aromatic heterocycles. The highest BCUT2D eigenvalue weighted by atomic mass is 32.2. The van der Waals surface area contributed by atoms with Gasteiger partial charge in [0.15, 0.2) is 0 Å². The monoisotopic (exact) mass is 480 g/mol. The van der Waals surface area contributed by atoms with Gasteiger partial charge in [-0.05, 0) is 97.8 Å². The van der Waals surface area contributed by atoms with E-state index in [0.717, 1.165) is 30.6 Å². The number of carbonyl (C=O) groups is 1. The summed E-state index contributed by atoms with van der Waals surface area (Å²) in [5.74, 6) is 2.32. The van der Waals surface area contributed by atoms with Gasteiger partial charge in [-0.1, -0.05) is 42.5 Å². The van der Waals surface area contributed by atoms with Crippen molar-refractivity contribution < 1.29 is 13.2 Å². The van der Waals surface area contributed by atoms with Gasteiger partial charge < -0.3 is 5.32 Å². The molecule has 4 aliphatic carbocycles. The number of aryl methyl sites for hydroxylation is 1. The average molecular weight is 481 g/mol. The predicted octanol–water partition coefficient (Wildman–Crippen LogP) is 4.67. The van der Waals surface area contributed by atoms with E-state index in [2.05, 4.69) is 29.6 Å².